The number of hydrogen-bond acceptors (Lipinski definition) is 4. The maximum Gasteiger partial charge on any atom is 0.259 e. The fraction of sp³-hybridized carbons (Fsp3) is 0.167. The van der Waals surface area contributed by atoms with E-state index in [2.05, 4.69) is 31.5 Å². The van der Waals surface area contributed by atoms with Crippen molar-refractivity contribution >= 4 is 55.4 Å². The van der Waals surface area contributed by atoms with Crippen molar-refractivity contribution in [2.75, 3.05) is 13.2 Å². The van der Waals surface area contributed by atoms with Gasteiger partial charge in [0.15, 0.2) is 0 Å². The third-order valence-corrected chi connectivity index (χ3v) is 6.70. The number of hydrogen-bond donors (Lipinski definition) is 2. The monoisotopic (exact) mass is 410 g/mol. The van der Waals surface area contributed by atoms with Crippen LogP contribution >= 0.6 is 0 Å². The number of aliphatic hydroxyl groups excluding tert-OH is 1. The first-order valence-electron chi connectivity index (χ1n) is 10.4. The Labute approximate surface area is 176 Å². The maximum absolute atomic E-state index is 13.0. The topological polar surface area (TPSA) is 79.5 Å². The summed E-state index contributed by atoms with van der Waals surface area (Å²) in [6, 6.07) is 16.0. The van der Waals surface area contributed by atoms with E-state index < -0.39 is 0 Å². The fourth-order valence-electron chi connectivity index (χ4n) is 5.56. The molecule has 0 fully saturated rings. The number of rotatable bonds is 2. The van der Waals surface area contributed by atoms with Gasteiger partial charge in [-0.05, 0) is 12.1 Å². The predicted molar refractivity (Wildman–Crippen MR) is 118 cm³/mol. The first-order chi connectivity index (χ1) is 15.2. The van der Waals surface area contributed by atoms with Crippen LogP contribution in [0, 0.1) is 0 Å². The number of amides is 2. The summed E-state index contributed by atoms with van der Waals surface area (Å²) in [5.74, 6) is -0.670. The molecule has 0 bridgehead atoms. The molecule has 31 heavy (non-hydrogen) atoms. The fourth-order valence-corrected chi connectivity index (χ4v) is 5.56. The molecule has 152 valence electrons. The second kappa shape index (κ2) is 5.72. The van der Waals surface area contributed by atoms with E-state index in [1.807, 2.05) is 36.4 Å². The number of aromatic nitrogens is 2. The van der Waals surface area contributed by atoms with E-state index >= 15 is 0 Å². The van der Waals surface area contributed by atoms with Crippen molar-refractivity contribution in [3.63, 3.8) is 0 Å². The lowest BCUT2D eigenvalue weighted by Gasteiger charge is -2.21. The lowest BCUT2D eigenvalue weighted by molar-refractivity contribution is 0.0880. The second-order valence-corrected chi connectivity index (χ2v) is 8.27. The van der Waals surface area contributed by atoms with Gasteiger partial charge < -0.3 is 14.2 Å². The number of β-amino-alcohol motifs (C(OH)–C–C–N with tert-alkyl or cyclic N) is 1. The summed E-state index contributed by atoms with van der Waals surface area (Å²) in [6.45, 7) is 1.75. The number of nitrogens with one attached hydrogen (secondary N) is 1. The largest absolute Gasteiger partial charge is 0.395 e. The third kappa shape index (κ3) is 1.95. The third-order valence-electron chi connectivity index (χ3n) is 6.70. The van der Waals surface area contributed by atoms with Gasteiger partial charge in [-0.2, -0.15) is 0 Å². The predicted octanol–water partition coefficient (Wildman–Crippen LogP) is 3.01. The molecule has 2 aliphatic heterocycles. The van der Waals surface area contributed by atoms with Crippen molar-refractivity contribution in [3.8, 4) is 0 Å². The summed E-state index contributed by atoms with van der Waals surface area (Å²) < 4.78 is 4.45. The molecule has 2 N–H and O–H groups in total. The Hall–Kier alpha value is -3.68. The molecule has 0 saturated carbocycles. The number of imide groups is 1. The zero-order valence-electron chi connectivity index (χ0n) is 16.6. The van der Waals surface area contributed by atoms with Crippen LogP contribution in [-0.4, -0.2) is 44.1 Å². The van der Waals surface area contributed by atoms with Gasteiger partial charge in [-0.15, -0.1) is 0 Å². The molecule has 0 unspecified atom stereocenters. The number of nitrogens with zero attached hydrogens (tertiary/aromatic N) is 3. The van der Waals surface area contributed by atoms with Gasteiger partial charge in [0.2, 0.25) is 0 Å². The van der Waals surface area contributed by atoms with E-state index in [0.29, 0.717) is 31.0 Å². The summed E-state index contributed by atoms with van der Waals surface area (Å²) in [6.07, 6.45) is 0. The highest BCUT2D eigenvalue weighted by Gasteiger charge is 2.37. The van der Waals surface area contributed by atoms with Crippen molar-refractivity contribution in [2.24, 2.45) is 0 Å². The molecule has 2 amide bonds. The van der Waals surface area contributed by atoms with Gasteiger partial charge in [-0.1, -0.05) is 36.4 Å². The van der Waals surface area contributed by atoms with Gasteiger partial charge in [-0.3, -0.25) is 19.8 Å². The quantitative estimate of drug-likeness (QED) is 0.439. The van der Waals surface area contributed by atoms with E-state index in [-0.39, 0.29) is 18.4 Å². The zero-order valence-corrected chi connectivity index (χ0v) is 16.6. The second-order valence-electron chi connectivity index (χ2n) is 8.27. The molecule has 2 aliphatic rings. The first kappa shape index (κ1) is 17.0. The molecule has 0 spiro atoms. The van der Waals surface area contributed by atoms with E-state index in [9.17, 15) is 14.7 Å². The molecule has 0 radical (unpaired) electrons. The molecule has 0 atom stereocenters. The smallest absolute Gasteiger partial charge is 0.259 e. The van der Waals surface area contributed by atoms with Crippen LogP contribution in [0.5, 0.6) is 0 Å². The number of carbonyl (C=O) groups excluding carboxylic acids is 2. The number of fused-ring (bicyclic) bond motifs is 9. The highest BCUT2D eigenvalue weighted by molar-refractivity contribution is 6.39. The Morgan fingerprint density at radius 2 is 1.26 bits per heavy atom. The standard InChI is InChI=1S/C24H18N4O3/c29-10-9-26-11-27-15-7-3-1-5-13(15)17-19-20(24(31)25-23(19)30)18-14-6-2-4-8-16(14)28(12-26)22(18)21(17)27/h1-8,29H,9-12H2,(H,25,30,31). The normalized spacial score (nSPS) is 16.2. The average molecular weight is 410 g/mol. The van der Waals surface area contributed by atoms with Gasteiger partial charge in [0.1, 0.15) is 0 Å². The van der Waals surface area contributed by atoms with Crippen LogP contribution in [0.3, 0.4) is 0 Å². The molecule has 2 aromatic heterocycles. The molecule has 7 heteroatoms. The highest BCUT2D eigenvalue weighted by atomic mass is 16.3. The van der Waals surface area contributed by atoms with Crippen molar-refractivity contribution in [1.82, 2.24) is 19.4 Å². The Balaban J connectivity index is 1.84. The molecular formula is C24H18N4O3. The first-order valence-corrected chi connectivity index (χ1v) is 10.4. The Morgan fingerprint density at radius 3 is 1.74 bits per heavy atom. The van der Waals surface area contributed by atoms with Gasteiger partial charge >= 0.3 is 0 Å². The van der Waals surface area contributed by atoms with Crippen molar-refractivity contribution in [1.29, 1.82) is 0 Å². The summed E-state index contributed by atoms with van der Waals surface area (Å²) in [4.78, 5) is 28.2. The van der Waals surface area contributed by atoms with Crippen LogP contribution in [0.4, 0.5) is 0 Å². The number of benzene rings is 3. The van der Waals surface area contributed by atoms with Crippen molar-refractivity contribution in [2.45, 2.75) is 13.3 Å². The Morgan fingerprint density at radius 1 is 0.774 bits per heavy atom. The summed E-state index contributed by atoms with van der Waals surface area (Å²) in [5.41, 5.74) is 4.91. The molecular weight excluding hydrogens is 392 g/mol. The van der Waals surface area contributed by atoms with Gasteiger partial charge in [0.25, 0.3) is 11.8 Å². The lowest BCUT2D eigenvalue weighted by atomic mass is 9.97. The highest BCUT2D eigenvalue weighted by Crippen LogP contribution is 2.45. The van der Waals surface area contributed by atoms with Gasteiger partial charge in [0.05, 0.1) is 53.1 Å². The number of aliphatic hydroxyl groups is 1. The van der Waals surface area contributed by atoms with E-state index in [4.69, 9.17) is 0 Å². The van der Waals surface area contributed by atoms with Crippen LogP contribution in [-0.2, 0) is 13.3 Å². The molecule has 7 nitrogen and oxygen atoms in total. The maximum atomic E-state index is 13.0. The Kier molecular flexibility index (Phi) is 3.14. The minimum Gasteiger partial charge on any atom is -0.395 e. The van der Waals surface area contributed by atoms with Gasteiger partial charge in [0, 0.05) is 28.1 Å². The Bertz CT molecular complexity index is 1510. The SMILES string of the molecule is O=C1NC(=O)c2c1c1c3ccccc3n3c1c1c2c2ccccc2n1CN(CCO)C3. The summed E-state index contributed by atoms with van der Waals surface area (Å²) in [5, 5.41) is 15.8. The van der Waals surface area contributed by atoms with E-state index in [0.717, 1.165) is 43.6 Å². The molecule has 0 saturated heterocycles. The molecule has 0 aliphatic carbocycles. The molecule has 7 rings (SSSR count). The van der Waals surface area contributed by atoms with E-state index in [1.54, 1.807) is 0 Å². The number of para-hydroxylation sites is 2. The van der Waals surface area contributed by atoms with Crippen molar-refractivity contribution < 1.29 is 14.7 Å². The summed E-state index contributed by atoms with van der Waals surface area (Å²) in [7, 11) is 0. The van der Waals surface area contributed by atoms with Crippen LogP contribution in [0.1, 0.15) is 20.7 Å². The lowest BCUT2D eigenvalue weighted by Crippen LogP contribution is -2.29. The van der Waals surface area contributed by atoms with Crippen LogP contribution in [0.15, 0.2) is 48.5 Å². The van der Waals surface area contributed by atoms with Crippen LogP contribution in [0.2, 0.25) is 0 Å². The van der Waals surface area contributed by atoms with Crippen LogP contribution in [0.25, 0.3) is 43.6 Å². The minimum absolute atomic E-state index is 0.0540. The number of carbonyl (C=O) groups is 2. The molecule has 4 heterocycles. The molecule has 3 aromatic carbocycles. The minimum atomic E-state index is -0.335. The molecule has 5 aromatic rings. The zero-order chi connectivity index (χ0) is 20.9. The van der Waals surface area contributed by atoms with Crippen molar-refractivity contribution in [3.05, 3.63) is 59.7 Å². The summed E-state index contributed by atoms with van der Waals surface area (Å²) >= 11 is 0. The van der Waals surface area contributed by atoms with E-state index in [1.165, 1.54) is 0 Å². The average Bonchev–Trinajstić information content (AvgIpc) is 3.32. The van der Waals surface area contributed by atoms with Gasteiger partial charge in [-0.25, -0.2) is 0 Å². The van der Waals surface area contributed by atoms with Crippen LogP contribution < -0.4 is 5.32 Å².